The summed E-state index contributed by atoms with van der Waals surface area (Å²) in [6.45, 7) is 8.78. The average Bonchev–Trinajstić information content (AvgIpc) is 3.75. The van der Waals surface area contributed by atoms with Crippen LogP contribution in [-0.2, 0) is 0 Å². The molecule has 3 aromatic rings. The van der Waals surface area contributed by atoms with Gasteiger partial charge in [-0.2, -0.15) is 0 Å². The fourth-order valence-corrected chi connectivity index (χ4v) is 5.15. The van der Waals surface area contributed by atoms with Crippen molar-refractivity contribution < 1.29 is 18.8 Å². The Bertz CT molecular complexity index is 1430. The summed E-state index contributed by atoms with van der Waals surface area (Å²) in [7, 11) is 0. The number of benzene rings is 2. The fourth-order valence-electron chi connectivity index (χ4n) is 5.15. The predicted octanol–water partition coefficient (Wildman–Crippen LogP) is 4.27. The molecule has 2 fully saturated rings. The second-order valence-corrected chi connectivity index (χ2v) is 11.1. The first-order valence-corrected chi connectivity index (χ1v) is 15.2. The number of carbonyl (C=O) groups is 3. The fraction of sp³-hybridized carbons (Fsp3) is 0.438. The molecule has 1 saturated heterocycles. The van der Waals surface area contributed by atoms with Crippen LogP contribution in [-0.4, -0.2) is 68.6 Å². The Labute approximate surface area is 252 Å². The molecule has 1 aliphatic heterocycles. The Hall–Kier alpha value is -4.54. The Balaban J connectivity index is 1.25. The van der Waals surface area contributed by atoms with Crippen LogP contribution in [0.3, 0.4) is 0 Å². The third-order valence-electron chi connectivity index (χ3n) is 7.72. The van der Waals surface area contributed by atoms with Gasteiger partial charge in [0.15, 0.2) is 11.6 Å². The van der Waals surface area contributed by atoms with Crippen LogP contribution in [0.1, 0.15) is 70.8 Å². The third kappa shape index (κ3) is 7.85. The van der Waals surface area contributed by atoms with Gasteiger partial charge < -0.3 is 35.5 Å². The molecular weight excluding hydrogens is 546 g/mol. The quantitative estimate of drug-likeness (QED) is 0.233. The van der Waals surface area contributed by atoms with E-state index in [1.807, 2.05) is 19.1 Å². The molecule has 11 heteroatoms. The first-order chi connectivity index (χ1) is 20.9. The Kier molecular flexibility index (Phi) is 9.81. The van der Waals surface area contributed by atoms with E-state index in [4.69, 9.17) is 4.42 Å². The number of aromatic nitrogens is 1. The molecule has 228 valence electrons. The van der Waals surface area contributed by atoms with Crippen LogP contribution in [0.2, 0.25) is 0 Å². The van der Waals surface area contributed by atoms with Crippen LogP contribution < -0.4 is 31.1 Å². The number of urea groups is 1. The lowest BCUT2D eigenvalue weighted by Gasteiger charge is -2.38. The summed E-state index contributed by atoms with van der Waals surface area (Å²) in [5.74, 6) is 0.275. The molecule has 1 aromatic heterocycles. The van der Waals surface area contributed by atoms with Crippen molar-refractivity contribution in [1.82, 2.24) is 20.9 Å². The summed E-state index contributed by atoms with van der Waals surface area (Å²) in [6.07, 6.45) is 4.91. The topological polar surface area (TPSA) is 132 Å². The molecule has 0 bridgehead atoms. The molecule has 2 heterocycles. The first-order valence-electron chi connectivity index (χ1n) is 15.2. The Morgan fingerprint density at radius 1 is 0.884 bits per heavy atom. The van der Waals surface area contributed by atoms with Gasteiger partial charge in [0.05, 0.1) is 11.4 Å². The summed E-state index contributed by atoms with van der Waals surface area (Å²) in [5.41, 5.74) is 4.53. The van der Waals surface area contributed by atoms with Crippen molar-refractivity contribution in [3.05, 3.63) is 71.4 Å². The van der Waals surface area contributed by atoms with Gasteiger partial charge in [0.2, 0.25) is 0 Å². The van der Waals surface area contributed by atoms with Crippen molar-refractivity contribution in [3.63, 3.8) is 0 Å². The van der Waals surface area contributed by atoms with Gasteiger partial charge in [0.1, 0.15) is 6.26 Å². The highest BCUT2D eigenvalue weighted by atomic mass is 16.3. The van der Waals surface area contributed by atoms with Gasteiger partial charge in [-0.3, -0.25) is 9.59 Å². The second-order valence-electron chi connectivity index (χ2n) is 11.1. The van der Waals surface area contributed by atoms with Gasteiger partial charge in [0, 0.05) is 63.0 Å². The van der Waals surface area contributed by atoms with E-state index in [1.165, 1.54) is 17.5 Å². The second kappa shape index (κ2) is 14.1. The zero-order valence-corrected chi connectivity index (χ0v) is 24.9. The number of oxazole rings is 1. The standard InChI is InChI=1S/C32H41N7O4/c1-3-13-34-32(42)35-15-6-14-33-29(40)24-11-12-28(39-18-16-38(17-19-39)27-8-5-4-7-22(27)2)25(20-24)36-30(41)26-21-43-31(37-26)23-9-10-23/h4-5,7-8,11-12,20-21,23H,3,6,9-10,13-19H2,1-2H3,(H,33,40)(H,36,41)(H2,34,35,42). The molecule has 4 N–H and O–H groups in total. The van der Waals surface area contributed by atoms with Crippen LogP contribution in [0, 0.1) is 6.92 Å². The number of rotatable bonds is 12. The van der Waals surface area contributed by atoms with E-state index in [0.29, 0.717) is 49.1 Å². The molecule has 5 rings (SSSR count). The minimum Gasteiger partial charge on any atom is -0.448 e. The van der Waals surface area contributed by atoms with Gasteiger partial charge in [0.25, 0.3) is 11.8 Å². The van der Waals surface area contributed by atoms with E-state index in [9.17, 15) is 14.4 Å². The van der Waals surface area contributed by atoms with E-state index < -0.39 is 0 Å². The minimum absolute atomic E-state index is 0.208. The monoisotopic (exact) mass is 587 g/mol. The highest BCUT2D eigenvalue weighted by molar-refractivity contribution is 6.06. The van der Waals surface area contributed by atoms with Crippen molar-refractivity contribution in [3.8, 4) is 0 Å². The lowest BCUT2D eigenvalue weighted by molar-refractivity contribution is 0.0952. The van der Waals surface area contributed by atoms with Gasteiger partial charge in [-0.05, 0) is 62.4 Å². The highest BCUT2D eigenvalue weighted by Crippen LogP contribution is 2.39. The lowest BCUT2D eigenvalue weighted by Crippen LogP contribution is -2.47. The normalized spacial score (nSPS) is 14.7. The predicted molar refractivity (Wildman–Crippen MR) is 167 cm³/mol. The molecule has 0 unspecified atom stereocenters. The SMILES string of the molecule is CCCNC(=O)NCCCNC(=O)c1ccc(N2CCN(c3ccccc3C)CC2)c(NC(=O)c2coc(C3CC3)n2)c1. The summed E-state index contributed by atoms with van der Waals surface area (Å²) < 4.78 is 5.54. The van der Waals surface area contributed by atoms with E-state index in [1.54, 1.807) is 12.1 Å². The number of amides is 4. The van der Waals surface area contributed by atoms with E-state index in [0.717, 1.165) is 51.1 Å². The first kappa shape index (κ1) is 29.9. The molecule has 2 aromatic carbocycles. The summed E-state index contributed by atoms with van der Waals surface area (Å²) in [4.78, 5) is 47.0. The molecule has 0 radical (unpaired) electrons. The van der Waals surface area contributed by atoms with E-state index >= 15 is 0 Å². The van der Waals surface area contributed by atoms with Crippen molar-refractivity contribution in [2.24, 2.45) is 0 Å². The average molecular weight is 588 g/mol. The van der Waals surface area contributed by atoms with Crippen molar-refractivity contribution in [1.29, 1.82) is 0 Å². The molecule has 0 atom stereocenters. The number of aryl methyl sites for hydroxylation is 1. The molecular formula is C32H41N7O4. The molecule has 0 spiro atoms. The van der Waals surface area contributed by atoms with Crippen molar-refractivity contribution in [2.75, 3.05) is 60.9 Å². The number of nitrogens with zero attached hydrogens (tertiary/aromatic N) is 3. The van der Waals surface area contributed by atoms with Crippen molar-refractivity contribution >= 4 is 34.9 Å². The Morgan fingerprint density at radius 2 is 1.58 bits per heavy atom. The number of piperazine rings is 1. The zero-order chi connectivity index (χ0) is 30.2. The largest absolute Gasteiger partial charge is 0.448 e. The molecule has 4 amide bonds. The minimum atomic E-state index is -0.375. The van der Waals surface area contributed by atoms with Crippen LogP contribution in [0.25, 0.3) is 0 Å². The molecule has 11 nitrogen and oxygen atoms in total. The summed E-state index contributed by atoms with van der Waals surface area (Å²) in [5, 5.41) is 11.4. The molecule has 2 aliphatic rings. The van der Waals surface area contributed by atoms with Crippen LogP contribution in [0.4, 0.5) is 21.9 Å². The highest BCUT2D eigenvalue weighted by Gasteiger charge is 2.30. The molecule has 1 saturated carbocycles. The van der Waals surface area contributed by atoms with Gasteiger partial charge in [-0.1, -0.05) is 25.1 Å². The number of carbonyl (C=O) groups excluding carboxylic acids is 3. The smallest absolute Gasteiger partial charge is 0.314 e. The number of para-hydroxylation sites is 1. The lowest BCUT2D eigenvalue weighted by atomic mass is 10.1. The summed E-state index contributed by atoms with van der Waals surface area (Å²) in [6, 6.07) is 13.6. The molecule has 43 heavy (non-hydrogen) atoms. The maximum atomic E-state index is 13.2. The number of hydrogen-bond acceptors (Lipinski definition) is 7. The van der Waals surface area contributed by atoms with Gasteiger partial charge in [-0.25, -0.2) is 9.78 Å². The number of hydrogen-bond donors (Lipinski definition) is 4. The van der Waals surface area contributed by atoms with Crippen LogP contribution >= 0.6 is 0 Å². The maximum Gasteiger partial charge on any atom is 0.314 e. The van der Waals surface area contributed by atoms with Crippen LogP contribution in [0.5, 0.6) is 0 Å². The number of anilines is 3. The summed E-state index contributed by atoms with van der Waals surface area (Å²) >= 11 is 0. The maximum absolute atomic E-state index is 13.2. The van der Waals surface area contributed by atoms with E-state index in [2.05, 4.69) is 61.2 Å². The van der Waals surface area contributed by atoms with E-state index in [-0.39, 0.29) is 23.5 Å². The zero-order valence-electron chi connectivity index (χ0n) is 24.9. The van der Waals surface area contributed by atoms with Gasteiger partial charge >= 0.3 is 6.03 Å². The van der Waals surface area contributed by atoms with Crippen LogP contribution in [0.15, 0.2) is 53.1 Å². The Morgan fingerprint density at radius 3 is 2.30 bits per heavy atom. The number of nitrogens with one attached hydrogen (secondary N) is 4. The third-order valence-corrected chi connectivity index (χ3v) is 7.72. The van der Waals surface area contributed by atoms with Crippen molar-refractivity contribution in [2.45, 2.75) is 45.4 Å². The molecule has 1 aliphatic carbocycles. The van der Waals surface area contributed by atoms with Gasteiger partial charge in [-0.15, -0.1) is 0 Å².